The van der Waals surface area contributed by atoms with E-state index in [0.29, 0.717) is 18.1 Å². The maximum atomic E-state index is 5.47. The number of ether oxygens (including phenoxy) is 1. The first-order valence-corrected chi connectivity index (χ1v) is 6.75. The monoisotopic (exact) mass is 226 g/mol. The van der Waals surface area contributed by atoms with Crippen LogP contribution in [-0.4, -0.2) is 49.3 Å². The van der Waals surface area contributed by atoms with E-state index < -0.39 is 0 Å². The third-order valence-corrected chi connectivity index (χ3v) is 4.05. The van der Waals surface area contributed by atoms with E-state index in [4.69, 9.17) is 4.74 Å². The molecule has 16 heavy (non-hydrogen) atoms. The van der Waals surface area contributed by atoms with Crippen LogP contribution in [0.2, 0.25) is 0 Å². The first-order valence-electron chi connectivity index (χ1n) is 6.75. The molecule has 3 atom stereocenters. The Kier molecular flexibility index (Phi) is 4.22. The number of hydrogen-bond acceptors (Lipinski definition) is 3. The Balaban J connectivity index is 1.70. The molecule has 0 radical (unpaired) electrons. The van der Waals surface area contributed by atoms with Gasteiger partial charge in [0.1, 0.15) is 0 Å². The second-order valence-electron chi connectivity index (χ2n) is 5.55. The summed E-state index contributed by atoms with van der Waals surface area (Å²) in [5.41, 5.74) is 0. The van der Waals surface area contributed by atoms with Crippen LogP contribution >= 0.6 is 0 Å². The normalized spacial score (nSPS) is 31.3. The van der Waals surface area contributed by atoms with Crippen molar-refractivity contribution in [3.63, 3.8) is 0 Å². The van der Waals surface area contributed by atoms with Crippen LogP contribution in [0.4, 0.5) is 0 Å². The van der Waals surface area contributed by atoms with Gasteiger partial charge >= 0.3 is 0 Å². The lowest BCUT2D eigenvalue weighted by atomic mass is 10.1. The zero-order valence-electron chi connectivity index (χ0n) is 10.9. The van der Waals surface area contributed by atoms with Gasteiger partial charge in [0.25, 0.3) is 0 Å². The summed E-state index contributed by atoms with van der Waals surface area (Å²) in [6.07, 6.45) is 2.85. The van der Waals surface area contributed by atoms with Gasteiger partial charge in [-0.1, -0.05) is 0 Å². The van der Waals surface area contributed by atoms with Crippen molar-refractivity contribution >= 4 is 0 Å². The van der Waals surface area contributed by atoms with E-state index in [2.05, 4.69) is 31.0 Å². The van der Waals surface area contributed by atoms with Gasteiger partial charge in [0.15, 0.2) is 0 Å². The Morgan fingerprint density at radius 2 is 2.12 bits per heavy atom. The molecule has 1 saturated carbocycles. The zero-order chi connectivity index (χ0) is 11.5. The zero-order valence-corrected chi connectivity index (χ0v) is 10.9. The number of hydrogen-bond donors (Lipinski definition) is 1. The van der Waals surface area contributed by atoms with Crippen LogP contribution in [0.1, 0.15) is 33.6 Å². The van der Waals surface area contributed by atoms with E-state index >= 15 is 0 Å². The van der Waals surface area contributed by atoms with Gasteiger partial charge in [-0.05, 0) is 39.5 Å². The minimum Gasteiger partial charge on any atom is -0.379 e. The molecule has 2 aliphatic rings. The average molecular weight is 226 g/mol. The fourth-order valence-corrected chi connectivity index (χ4v) is 2.63. The van der Waals surface area contributed by atoms with E-state index in [0.717, 1.165) is 32.2 Å². The highest BCUT2D eigenvalue weighted by Crippen LogP contribution is 2.32. The quantitative estimate of drug-likeness (QED) is 0.768. The van der Waals surface area contributed by atoms with Crippen LogP contribution in [0, 0.1) is 5.92 Å². The third kappa shape index (κ3) is 3.19. The first kappa shape index (κ1) is 12.3. The fourth-order valence-electron chi connectivity index (χ4n) is 2.63. The summed E-state index contributed by atoms with van der Waals surface area (Å²) in [4.78, 5) is 2.57. The lowest BCUT2D eigenvalue weighted by molar-refractivity contribution is -0.0185. The SMILES string of the molecule is CC(NCC(C)N1CCOCC1C)C1CC1. The molecule has 0 bridgehead atoms. The molecular weight excluding hydrogens is 200 g/mol. The summed E-state index contributed by atoms with van der Waals surface area (Å²) in [6, 6.07) is 1.90. The van der Waals surface area contributed by atoms with Crippen LogP contribution in [0.5, 0.6) is 0 Å². The molecule has 94 valence electrons. The van der Waals surface area contributed by atoms with Crippen molar-refractivity contribution in [2.24, 2.45) is 5.92 Å². The number of nitrogens with zero attached hydrogens (tertiary/aromatic N) is 1. The van der Waals surface area contributed by atoms with Crippen LogP contribution in [-0.2, 0) is 4.74 Å². The lowest BCUT2D eigenvalue weighted by Gasteiger charge is -2.38. The Morgan fingerprint density at radius 3 is 2.75 bits per heavy atom. The van der Waals surface area contributed by atoms with E-state index in [1.807, 2.05) is 0 Å². The molecule has 2 fully saturated rings. The average Bonchev–Trinajstić information content (AvgIpc) is 3.10. The third-order valence-electron chi connectivity index (χ3n) is 4.05. The molecule has 0 aromatic carbocycles. The standard InChI is InChI=1S/C13H26N2O/c1-10(8-14-12(3)13-4-5-13)15-6-7-16-9-11(15)2/h10-14H,4-9H2,1-3H3. The van der Waals surface area contributed by atoms with E-state index in [9.17, 15) is 0 Å². The van der Waals surface area contributed by atoms with Gasteiger partial charge in [-0.2, -0.15) is 0 Å². The van der Waals surface area contributed by atoms with Crippen molar-refractivity contribution in [2.75, 3.05) is 26.3 Å². The van der Waals surface area contributed by atoms with Crippen molar-refractivity contribution in [3.8, 4) is 0 Å². The first-order chi connectivity index (χ1) is 7.68. The maximum absolute atomic E-state index is 5.47. The molecular formula is C13H26N2O. The highest BCUT2D eigenvalue weighted by molar-refractivity contribution is 4.85. The predicted octanol–water partition coefficient (Wildman–Crippen LogP) is 1.48. The van der Waals surface area contributed by atoms with Crippen molar-refractivity contribution in [1.29, 1.82) is 0 Å². The number of morpholine rings is 1. The Hall–Kier alpha value is -0.120. The molecule has 2 rings (SSSR count). The Bertz CT molecular complexity index is 218. The van der Waals surface area contributed by atoms with Crippen molar-refractivity contribution in [2.45, 2.75) is 51.7 Å². The molecule has 0 aromatic rings. The van der Waals surface area contributed by atoms with Gasteiger partial charge in [-0.25, -0.2) is 0 Å². The van der Waals surface area contributed by atoms with Gasteiger partial charge in [0.05, 0.1) is 13.2 Å². The topological polar surface area (TPSA) is 24.5 Å². The molecule has 1 aliphatic heterocycles. The van der Waals surface area contributed by atoms with Crippen LogP contribution in [0.3, 0.4) is 0 Å². The molecule has 0 aromatic heterocycles. The molecule has 0 amide bonds. The Labute approximate surface area is 99.5 Å². The minimum atomic E-state index is 0.571. The summed E-state index contributed by atoms with van der Waals surface area (Å²) in [5, 5.41) is 3.68. The van der Waals surface area contributed by atoms with Crippen LogP contribution in [0.15, 0.2) is 0 Å². The molecule has 1 heterocycles. The highest BCUT2D eigenvalue weighted by Gasteiger charge is 2.29. The molecule has 3 unspecified atom stereocenters. The Morgan fingerprint density at radius 1 is 1.38 bits per heavy atom. The second kappa shape index (κ2) is 5.48. The molecule has 1 aliphatic carbocycles. The fraction of sp³-hybridized carbons (Fsp3) is 1.00. The van der Waals surface area contributed by atoms with Crippen molar-refractivity contribution in [1.82, 2.24) is 10.2 Å². The molecule has 3 nitrogen and oxygen atoms in total. The molecule has 3 heteroatoms. The van der Waals surface area contributed by atoms with Gasteiger partial charge < -0.3 is 10.1 Å². The van der Waals surface area contributed by atoms with Crippen LogP contribution < -0.4 is 5.32 Å². The summed E-state index contributed by atoms with van der Waals surface area (Å²) < 4.78 is 5.47. The summed E-state index contributed by atoms with van der Waals surface area (Å²) in [5.74, 6) is 0.953. The van der Waals surface area contributed by atoms with E-state index in [-0.39, 0.29) is 0 Å². The van der Waals surface area contributed by atoms with Gasteiger partial charge in [0.2, 0.25) is 0 Å². The summed E-state index contributed by atoms with van der Waals surface area (Å²) in [7, 11) is 0. The van der Waals surface area contributed by atoms with Gasteiger partial charge in [0, 0.05) is 31.2 Å². The molecule has 1 saturated heterocycles. The lowest BCUT2D eigenvalue weighted by Crippen LogP contribution is -2.52. The minimum absolute atomic E-state index is 0.571. The largest absolute Gasteiger partial charge is 0.379 e. The van der Waals surface area contributed by atoms with Crippen molar-refractivity contribution < 1.29 is 4.74 Å². The smallest absolute Gasteiger partial charge is 0.0619 e. The molecule has 1 N–H and O–H groups in total. The highest BCUT2D eigenvalue weighted by atomic mass is 16.5. The predicted molar refractivity (Wildman–Crippen MR) is 66.6 cm³/mol. The van der Waals surface area contributed by atoms with Crippen LogP contribution in [0.25, 0.3) is 0 Å². The summed E-state index contributed by atoms with van der Waals surface area (Å²) in [6.45, 7) is 10.9. The van der Waals surface area contributed by atoms with Gasteiger partial charge in [-0.3, -0.25) is 4.90 Å². The van der Waals surface area contributed by atoms with Crippen molar-refractivity contribution in [3.05, 3.63) is 0 Å². The maximum Gasteiger partial charge on any atom is 0.0619 e. The second-order valence-corrected chi connectivity index (χ2v) is 5.55. The number of rotatable bonds is 5. The van der Waals surface area contributed by atoms with E-state index in [1.54, 1.807) is 0 Å². The van der Waals surface area contributed by atoms with E-state index in [1.165, 1.54) is 12.8 Å². The number of nitrogens with one attached hydrogen (secondary N) is 1. The van der Waals surface area contributed by atoms with Gasteiger partial charge in [-0.15, -0.1) is 0 Å². The summed E-state index contributed by atoms with van der Waals surface area (Å²) >= 11 is 0. The molecule has 0 spiro atoms.